The molecule has 1 aliphatic carbocycles. The van der Waals surface area contributed by atoms with Crippen molar-refractivity contribution < 1.29 is 0 Å². The highest BCUT2D eigenvalue weighted by Gasteiger charge is 2.20. The van der Waals surface area contributed by atoms with Gasteiger partial charge in [-0.2, -0.15) is 5.26 Å². The Morgan fingerprint density at radius 3 is 2.33 bits per heavy atom. The van der Waals surface area contributed by atoms with Crippen LogP contribution in [0.25, 0.3) is 0 Å². The van der Waals surface area contributed by atoms with Crippen LogP contribution in [0.4, 0.5) is 0 Å². The van der Waals surface area contributed by atoms with Crippen molar-refractivity contribution in [3.05, 3.63) is 0 Å². The van der Waals surface area contributed by atoms with Crippen molar-refractivity contribution in [2.75, 3.05) is 13.1 Å². The molecule has 0 heterocycles. The summed E-state index contributed by atoms with van der Waals surface area (Å²) < 4.78 is 0. The zero-order valence-electron chi connectivity index (χ0n) is 10.2. The first kappa shape index (κ1) is 12.5. The Kier molecular flexibility index (Phi) is 5.71. The molecule has 0 bridgehead atoms. The Morgan fingerprint density at radius 2 is 1.87 bits per heavy atom. The largest absolute Gasteiger partial charge is 0.299 e. The maximum atomic E-state index is 8.86. The molecule has 1 rings (SSSR count). The second-order valence-electron chi connectivity index (χ2n) is 4.76. The zero-order chi connectivity index (χ0) is 11.1. The molecule has 0 aromatic carbocycles. The van der Waals surface area contributed by atoms with Crippen molar-refractivity contribution in [1.29, 1.82) is 5.26 Å². The molecule has 0 N–H and O–H groups in total. The van der Waals surface area contributed by atoms with Gasteiger partial charge in [0, 0.05) is 12.6 Å². The molecule has 2 heteroatoms. The van der Waals surface area contributed by atoms with Crippen LogP contribution < -0.4 is 0 Å². The van der Waals surface area contributed by atoms with Crippen LogP contribution in [0.1, 0.15) is 52.4 Å². The van der Waals surface area contributed by atoms with Crippen LogP contribution in [0.3, 0.4) is 0 Å². The van der Waals surface area contributed by atoms with Crippen molar-refractivity contribution in [3.63, 3.8) is 0 Å². The van der Waals surface area contributed by atoms with Crippen LogP contribution >= 0.6 is 0 Å². The summed E-state index contributed by atoms with van der Waals surface area (Å²) >= 11 is 0. The third-order valence-electron chi connectivity index (χ3n) is 3.48. The summed E-state index contributed by atoms with van der Waals surface area (Å²) in [4.78, 5) is 2.51. The van der Waals surface area contributed by atoms with Gasteiger partial charge in [0.05, 0.1) is 12.0 Å². The van der Waals surface area contributed by atoms with Crippen LogP contribution in [0.5, 0.6) is 0 Å². The van der Waals surface area contributed by atoms with Crippen molar-refractivity contribution >= 4 is 0 Å². The predicted octanol–water partition coefficient (Wildman–Crippen LogP) is 3.19. The van der Waals surface area contributed by atoms with Crippen LogP contribution in [-0.4, -0.2) is 24.0 Å². The Hall–Kier alpha value is -0.550. The summed E-state index contributed by atoms with van der Waals surface area (Å²) in [6.45, 7) is 6.29. The van der Waals surface area contributed by atoms with Gasteiger partial charge in [0.25, 0.3) is 0 Å². The van der Waals surface area contributed by atoms with Gasteiger partial charge >= 0.3 is 0 Å². The van der Waals surface area contributed by atoms with E-state index in [1.165, 1.54) is 38.5 Å². The maximum Gasteiger partial charge on any atom is 0.0666 e. The van der Waals surface area contributed by atoms with Gasteiger partial charge in [0.15, 0.2) is 0 Å². The molecule has 0 aromatic heterocycles. The van der Waals surface area contributed by atoms with Crippen molar-refractivity contribution in [3.8, 4) is 6.07 Å². The lowest BCUT2D eigenvalue weighted by Gasteiger charge is -2.30. The Bertz CT molecular complexity index is 199. The number of hydrogen-bond donors (Lipinski definition) is 0. The predicted molar refractivity (Wildman–Crippen MR) is 63.5 cm³/mol. The van der Waals surface area contributed by atoms with Crippen molar-refractivity contribution in [2.24, 2.45) is 5.92 Å². The lowest BCUT2D eigenvalue weighted by Crippen LogP contribution is -2.37. The van der Waals surface area contributed by atoms with E-state index < -0.39 is 0 Å². The van der Waals surface area contributed by atoms with Crippen LogP contribution in [0.2, 0.25) is 0 Å². The lowest BCUT2D eigenvalue weighted by molar-refractivity contribution is 0.175. The van der Waals surface area contributed by atoms with E-state index in [0.717, 1.165) is 19.1 Å². The molecule has 15 heavy (non-hydrogen) atoms. The van der Waals surface area contributed by atoms with Gasteiger partial charge in [-0.25, -0.2) is 0 Å². The van der Waals surface area contributed by atoms with E-state index in [1.54, 1.807) is 0 Å². The Balaban J connectivity index is 2.45. The van der Waals surface area contributed by atoms with Crippen LogP contribution in [0, 0.1) is 17.2 Å². The average Bonchev–Trinajstić information content (AvgIpc) is 2.54. The fourth-order valence-corrected chi connectivity index (χ4v) is 2.55. The summed E-state index contributed by atoms with van der Waals surface area (Å²) in [5, 5.41) is 8.86. The van der Waals surface area contributed by atoms with Gasteiger partial charge in [0.1, 0.15) is 0 Å². The monoisotopic (exact) mass is 208 g/mol. The molecule has 1 atom stereocenters. The van der Waals surface area contributed by atoms with Gasteiger partial charge in [-0.05, 0) is 26.3 Å². The minimum atomic E-state index is 0.174. The summed E-state index contributed by atoms with van der Waals surface area (Å²) in [5.41, 5.74) is 0. The van der Waals surface area contributed by atoms with Gasteiger partial charge < -0.3 is 0 Å². The maximum absolute atomic E-state index is 8.86. The molecule has 1 saturated carbocycles. The molecule has 1 aliphatic rings. The molecule has 1 unspecified atom stereocenters. The van der Waals surface area contributed by atoms with E-state index in [-0.39, 0.29) is 5.92 Å². The minimum absolute atomic E-state index is 0.174. The number of hydrogen-bond acceptors (Lipinski definition) is 2. The highest BCUT2D eigenvalue weighted by atomic mass is 15.1. The summed E-state index contributed by atoms with van der Waals surface area (Å²) in [5.74, 6) is 0.174. The molecular weight excluding hydrogens is 184 g/mol. The molecule has 1 fully saturated rings. The normalized spacial score (nSPS) is 20.9. The smallest absolute Gasteiger partial charge is 0.0666 e. The van der Waals surface area contributed by atoms with E-state index in [0.29, 0.717) is 0 Å². The lowest BCUT2D eigenvalue weighted by atomic mass is 10.1. The van der Waals surface area contributed by atoms with Gasteiger partial charge in [-0.15, -0.1) is 0 Å². The van der Waals surface area contributed by atoms with Gasteiger partial charge in [0.2, 0.25) is 0 Å². The first-order valence-electron chi connectivity index (χ1n) is 6.41. The van der Waals surface area contributed by atoms with Crippen molar-refractivity contribution in [1.82, 2.24) is 4.90 Å². The average molecular weight is 208 g/mol. The second kappa shape index (κ2) is 6.85. The molecule has 0 aromatic rings. The summed E-state index contributed by atoms with van der Waals surface area (Å²) in [7, 11) is 0. The highest BCUT2D eigenvalue weighted by molar-refractivity contribution is 4.84. The first-order valence-corrected chi connectivity index (χ1v) is 6.41. The Labute approximate surface area is 94.3 Å². The molecular formula is C13H24N2. The first-order chi connectivity index (χ1) is 7.27. The zero-order valence-corrected chi connectivity index (χ0v) is 10.2. The van der Waals surface area contributed by atoms with E-state index in [9.17, 15) is 0 Å². The summed E-state index contributed by atoms with van der Waals surface area (Å²) in [6, 6.07) is 3.09. The fraction of sp³-hybridized carbons (Fsp3) is 0.923. The fourth-order valence-electron chi connectivity index (χ4n) is 2.55. The molecule has 0 radical (unpaired) electrons. The number of nitrogens with zero attached hydrogens (tertiary/aromatic N) is 2. The molecule has 0 aliphatic heterocycles. The molecule has 86 valence electrons. The van der Waals surface area contributed by atoms with Gasteiger partial charge in [-0.3, -0.25) is 4.90 Å². The third kappa shape index (κ3) is 4.22. The van der Waals surface area contributed by atoms with Crippen LogP contribution in [-0.2, 0) is 0 Å². The highest BCUT2D eigenvalue weighted by Crippen LogP contribution is 2.22. The molecule has 0 amide bonds. The quantitative estimate of drug-likeness (QED) is 0.663. The van der Waals surface area contributed by atoms with E-state index in [2.05, 4.69) is 17.9 Å². The van der Waals surface area contributed by atoms with Crippen molar-refractivity contribution in [2.45, 2.75) is 58.4 Å². The summed E-state index contributed by atoms with van der Waals surface area (Å²) in [6.07, 6.45) is 8.24. The Morgan fingerprint density at radius 1 is 1.27 bits per heavy atom. The van der Waals surface area contributed by atoms with E-state index in [4.69, 9.17) is 5.26 Å². The van der Waals surface area contributed by atoms with E-state index >= 15 is 0 Å². The minimum Gasteiger partial charge on any atom is -0.299 e. The molecule has 2 nitrogen and oxygen atoms in total. The molecule has 0 spiro atoms. The van der Waals surface area contributed by atoms with E-state index in [1.807, 2.05) is 6.92 Å². The second-order valence-corrected chi connectivity index (χ2v) is 4.76. The number of nitriles is 1. The molecule has 0 saturated heterocycles. The van der Waals surface area contributed by atoms with Gasteiger partial charge in [-0.1, -0.05) is 32.6 Å². The third-order valence-corrected chi connectivity index (χ3v) is 3.48. The number of rotatable bonds is 4. The standard InChI is InChI=1S/C13H24N2/c1-3-15(11-12(2)10-14)13-8-6-4-5-7-9-13/h12-13H,3-9,11H2,1-2H3. The van der Waals surface area contributed by atoms with Crippen LogP contribution in [0.15, 0.2) is 0 Å². The SMILES string of the molecule is CCN(CC(C)C#N)C1CCCCCC1. The topological polar surface area (TPSA) is 27.0 Å².